The molecule has 0 aliphatic rings. The average Bonchev–Trinajstić information content (AvgIpc) is 2.52. The predicted octanol–water partition coefficient (Wildman–Crippen LogP) is 3.03. The number of nitrogens with zero attached hydrogens (tertiary/aromatic N) is 2. The van der Waals surface area contributed by atoms with Crippen molar-refractivity contribution in [3.05, 3.63) is 53.7 Å². The van der Waals surface area contributed by atoms with E-state index < -0.39 is 0 Å². The first kappa shape index (κ1) is 15.3. The fourth-order valence-electron chi connectivity index (χ4n) is 2.02. The molecule has 2 rings (SSSR count). The van der Waals surface area contributed by atoms with Crippen LogP contribution in [0.3, 0.4) is 0 Å². The molecule has 0 unspecified atom stereocenters. The Hall–Kier alpha value is -2.07. The smallest absolute Gasteiger partial charge is 0.128 e. The van der Waals surface area contributed by atoms with Crippen molar-refractivity contribution >= 4 is 11.5 Å². The number of pyridine rings is 1. The van der Waals surface area contributed by atoms with Gasteiger partial charge in [0.15, 0.2) is 0 Å². The van der Waals surface area contributed by atoms with E-state index in [0.29, 0.717) is 12.6 Å². The van der Waals surface area contributed by atoms with Crippen molar-refractivity contribution in [2.45, 2.75) is 33.0 Å². The van der Waals surface area contributed by atoms with Crippen LogP contribution in [0.15, 0.2) is 42.6 Å². The Morgan fingerprint density at radius 2 is 1.95 bits per heavy atom. The molecular formula is C17H23N3O. The van der Waals surface area contributed by atoms with Crippen LogP contribution in [-0.4, -0.2) is 23.2 Å². The zero-order valence-corrected chi connectivity index (χ0v) is 12.9. The van der Waals surface area contributed by atoms with E-state index in [9.17, 15) is 5.11 Å². The minimum Gasteiger partial charge on any atom is -0.392 e. The highest BCUT2D eigenvalue weighted by molar-refractivity contribution is 5.51. The van der Waals surface area contributed by atoms with Crippen LogP contribution in [-0.2, 0) is 13.2 Å². The number of rotatable bonds is 6. The molecule has 1 aromatic heterocycles. The molecule has 0 radical (unpaired) electrons. The number of nitrogens with one attached hydrogen (secondary N) is 1. The summed E-state index contributed by atoms with van der Waals surface area (Å²) in [5.74, 6) is 0.976. The maximum Gasteiger partial charge on any atom is 0.128 e. The number of hydrogen-bond donors (Lipinski definition) is 2. The monoisotopic (exact) mass is 285 g/mol. The highest BCUT2D eigenvalue weighted by Gasteiger charge is 2.06. The second-order valence-corrected chi connectivity index (χ2v) is 5.40. The molecular weight excluding hydrogens is 262 g/mol. The zero-order chi connectivity index (χ0) is 15.2. The van der Waals surface area contributed by atoms with Gasteiger partial charge >= 0.3 is 0 Å². The van der Waals surface area contributed by atoms with Gasteiger partial charge in [0.05, 0.1) is 6.61 Å². The summed E-state index contributed by atoms with van der Waals surface area (Å²) in [7, 11) is 2.04. The van der Waals surface area contributed by atoms with E-state index in [0.717, 1.165) is 22.6 Å². The summed E-state index contributed by atoms with van der Waals surface area (Å²) < 4.78 is 0. The highest BCUT2D eigenvalue weighted by atomic mass is 16.3. The number of anilines is 2. The summed E-state index contributed by atoms with van der Waals surface area (Å²) in [5, 5.41) is 12.6. The molecule has 21 heavy (non-hydrogen) atoms. The summed E-state index contributed by atoms with van der Waals surface area (Å²) in [6, 6.07) is 12.3. The van der Waals surface area contributed by atoms with E-state index in [-0.39, 0.29) is 6.61 Å². The minimum absolute atomic E-state index is 0.0412. The van der Waals surface area contributed by atoms with Gasteiger partial charge in [-0.2, -0.15) is 0 Å². The van der Waals surface area contributed by atoms with Crippen molar-refractivity contribution in [1.82, 2.24) is 4.98 Å². The van der Waals surface area contributed by atoms with E-state index in [1.807, 2.05) is 43.6 Å². The fraction of sp³-hybridized carbons (Fsp3) is 0.353. The number of para-hydroxylation sites is 1. The quantitative estimate of drug-likeness (QED) is 0.856. The molecule has 1 aromatic carbocycles. The largest absolute Gasteiger partial charge is 0.392 e. The molecule has 0 atom stereocenters. The molecule has 2 aromatic rings. The van der Waals surface area contributed by atoms with Crippen molar-refractivity contribution in [3.63, 3.8) is 0 Å². The van der Waals surface area contributed by atoms with Crippen LogP contribution >= 0.6 is 0 Å². The Morgan fingerprint density at radius 1 is 1.19 bits per heavy atom. The molecule has 0 fully saturated rings. The first-order valence-electron chi connectivity index (χ1n) is 7.22. The highest BCUT2D eigenvalue weighted by Crippen LogP contribution is 2.17. The van der Waals surface area contributed by atoms with Gasteiger partial charge in [0.1, 0.15) is 5.82 Å². The normalized spacial score (nSPS) is 10.7. The number of benzene rings is 1. The lowest BCUT2D eigenvalue weighted by Gasteiger charge is -2.22. The van der Waals surface area contributed by atoms with E-state index in [4.69, 9.17) is 0 Å². The number of hydrogen-bond acceptors (Lipinski definition) is 4. The standard InChI is InChI=1S/C17H23N3O/c1-13(2)20(3)17-9-8-14(11-19-17)10-18-16-7-5-4-6-15(16)12-21/h4-9,11,13,18,21H,10,12H2,1-3H3. The first-order chi connectivity index (χ1) is 10.1. The second-order valence-electron chi connectivity index (χ2n) is 5.40. The molecule has 0 bridgehead atoms. The second kappa shape index (κ2) is 7.09. The van der Waals surface area contributed by atoms with Crippen LogP contribution in [0.4, 0.5) is 11.5 Å². The molecule has 112 valence electrons. The Bertz CT molecular complexity index is 567. The molecule has 0 saturated heterocycles. The summed E-state index contributed by atoms with van der Waals surface area (Å²) in [5.41, 5.74) is 2.98. The van der Waals surface area contributed by atoms with E-state index in [2.05, 4.69) is 35.1 Å². The van der Waals surface area contributed by atoms with Gasteiger partial charge in [-0.05, 0) is 31.5 Å². The maximum atomic E-state index is 9.31. The van der Waals surface area contributed by atoms with Crippen molar-refractivity contribution in [2.24, 2.45) is 0 Å². The third-order valence-electron chi connectivity index (χ3n) is 3.62. The lowest BCUT2D eigenvalue weighted by molar-refractivity contribution is 0.282. The molecule has 2 N–H and O–H groups in total. The van der Waals surface area contributed by atoms with Gasteiger partial charge in [-0.1, -0.05) is 24.3 Å². The van der Waals surface area contributed by atoms with Crippen molar-refractivity contribution in [3.8, 4) is 0 Å². The van der Waals surface area contributed by atoms with Crippen LogP contribution < -0.4 is 10.2 Å². The van der Waals surface area contributed by atoms with Gasteiger partial charge in [0.25, 0.3) is 0 Å². The molecule has 1 heterocycles. The van der Waals surface area contributed by atoms with Crippen LogP contribution in [0.5, 0.6) is 0 Å². The van der Waals surface area contributed by atoms with Gasteiger partial charge in [-0.15, -0.1) is 0 Å². The molecule has 0 amide bonds. The lowest BCUT2D eigenvalue weighted by atomic mass is 10.2. The maximum absolute atomic E-state index is 9.31. The van der Waals surface area contributed by atoms with Gasteiger partial charge in [-0.25, -0.2) is 4.98 Å². The SMILES string of the molecule is CC(C)N(C)c1ccc(CNc2ccccc2CO)cn1. The Labute approximate surface area is 126 Å². The van der Waals surface area contributed by atoms with Gasteiger partial charge in [-0.3, -0.25) is 0 Å². The molecule has 0 aliphatic carbocycles. The van der Waals surface area contributed by atoms with Crippen LogP contribution in [0.25, 0.3) is 0 Å². The van der Waals surface area contributed by atoms with Gasteiger partial charge in [0, 0.05) is 37.1 Å². The number of aliphatic hydroxyl groups is 1. The summed E-state index contributed by atoms with van der Waals surface area (Å²) in [6.07, 6.45) is 1.89. The topological polar surface area (TPSA) is 48.4 Å². The fourth-order valence-corrected chi connectivity index (χ4v) is 2.02. The first-order valence-corrected chi connectivity index (χ1v) is 7.22. The predicted molar refractivity (Wildman–Crippen MR) is 87.5 cm³/mol. The van der Waals surface area contributed by atoms with Crippen LogP contribution in [0.2, 0.25) is 0 Å². The van der Waals surface area contributed by atoms with Crippen LogP contribution in [0, 0.1) is 0 Å². The molecule has 0 saturated carbocycles. The summed E-state index contributed by atoms with van der Waals surface area (Å²) in [6.45, 7) is 5.02. The molecule has 0 spiro atoms. The Balaban J connectivity index is 2.01. The summed E-state index contributed by atoms with van der Waals surface area (Å²) >= 11 is 0. The van der Waals surface area contributed by atoms with E-state index in [1.54, 1.807) is 0 Å². The van der Waals surface area contributed by atoms with E-state index >= 15 is 0 Å². The van der Waals surface area contributed by atoms with Crippen LogP contribution in [0.1, 0.15) is 25.0 Å². The third-order valence-corrected chi connectivity index (χ3v) is 3.62. The summed E-state index contributed by atoms with van der Waals surface area (Å²) in [4.78, 5) is 6.63. The zero-order valence-electron chi connectivity index (χ0n) is 12.9. The number of aromatic nitrogens is 1. The Kier molecular flexibility index (Phi) is 5.17. The number of aliphatic hydroxyl groups excluding tert-OH is 1. The Morgan fingerprint density at radius 3 is 2.57 bits per heavy atom. The molecule has 4 nitrogen and oxygen atoms in total. The van der Waals surface area contributed by atoms with Gasteiger partial charge < -0.3 is 15.3 Å². The minimum atomic E-state index is 0.0412. The molecule has 0 aliphatic heterocycles. The van der Waals surface area contributed by atoms with Crippen molar-refractivity contribution in [1.29, 1.82) is 0 Å². The lowest BCUT2D eigenvalue weighted by Crippen LogP contribution is -2.26. The van der Waals surface area contributed by atoms with Crippen molar-refractivity contribution in [2.75, 3.05) is 17.3 Å². The average molecular weight is 285 g/mol. The van der Waals surface area contributed by atoms with Gasteiger partial charge in [0.2, 0.25) is 0 Å². The third kappa shape index (κ3) is 3.95. The van der Waals surface area contributed by atoms with E-state index in [1.165, 1.54) is 0 Å². The van der Waals surface area contributed by atoms with Crippen molar-refractivity contribution < 1.29 is 5.11 Å². The molecule has 4 heteroatoms.